The number of anilines is 1. The molecule has 0 bridgehead atoms. The third kappa shape index (κ3) is 1.99. The molecule has 0 atom stereocenters. The van der Waals surface area contributed by atoms with Crippen LogP contribution in [0.2, 0.25) is 0 Å². The number of benzene rings is 1. The number of hydrogen-bond acceptors (Lipinski definition) is 2. The fourth-order valence-corrected chi connectivity index (χ4v) is 1.89. The van der Waals surface area contributed by atoms with Crippen molar-refractivity contribution in [3.8, 4) is 0 Å². The number of ketones is 1. The lowest BCUT2D eigenvalue weighted by Crippen LogP contribution is -2.27. The minimum absolute atomic E-state index is 0.0867. The van der Waals surface area contributed by atoms with E-state index in [1.807, 2.05) is 29.2 Å². The monoisotopic (exact) mass is 220 g/mol. The molecular formula is C11H12N2OS. The Labute approximate surface area is 94.1 Å². The molecule has 0 amide bonds. The summed E-state index contributed by atoms with van der Waals surface area (Å²) in [6.07, 6.45) is 0. The van der Waals surface area contributed by atoms with Gasteiger partial charge >= 0.3 is 0 Å². The lowest BCUT2D eigenvalue weighted by atomic mass is 10.1. The molecule has 1 fully saturated rings. The Morgan fingerprint density at radius 1 is 1.40 bits per heavy atom. The summed E-state index contributed by atoms with van der Waals surface area (Å²) in [5.74, 6) is 0.0867. The third-order valence-corrected chi connectivity index (χ3v) is 2.81. The first-order valence-corrected chi connectivity index (χ1v) is 5.25. The molecule has 0 aliphatic carbocycles. The second-order valence-corrected chi connectivity index (χ2v) is 3.87. The van der Waals surface area contributed by atoms with E-state index in [-0.39, 0.29) is 5.78 Å². The van der Waals surface area contributed by atoms with Gasteiger partial charge in [-0.1, -0.05) is 0 Å². The summed E-state index contributed by atoms with van der Waals surface area (Å²) in [4.78, 5) is 13.1. The van der Waals surface area contributed by atoms with E-state index in [0.29, 0.717) is 0 Å². The summed E-state index contributed by atoms with van der Waals surface area (Å²) in [5.41, 5.74) is 1.77. The molecule has 78 valence electrons. The van der Waals surface area contributed by atoms with E-state index in [1.54, 1.807) is 6.92 Å². The molecule has 0 spiro atoms. The first kappa shape index (κ1) is 10.1. The van der Waals surface area contributed by atoms with Gasteiger partial charge in [0.25, 0.3) is 0 Å². The second kappa shape index (κ2) is 3.98. The predicted octanol–water partition coefficient (Wildman–Crippen LogP) is 1.58. The lowest BCUT2D eigenvalue weighted by molar-refractivity contribution is 0.101. The molecule has 0 radical (unpaired) electrons. The molecule has 1 aromatic carbocycles. The van der Waals surface area contributed by atoms with Crippen molar-refractivity contribution in [2.45, 2.75) is 6.92 Å². The van der Waals surface area contributed by atoms with E-state index in [1.165, 1.54) is 0 Å². The van der Waals surface area contributed by atoms with Crippen LogP contribution >= 0.6 is 12.2 Å². The molecule has 1 aliphatic rings. The van der Waals surface area contributed by atoms with Crippen LogP contribution < -0.4 is 10.2 Å². The van der Waals surface area contributed by atoms with Gasteiger partial charge in [-0.2, -0.15) is 0 Å². The Kier molecular flexibility index (Phi) is 2.68. The molecule has 4 heteroatoms. The topological polar surface area (TPSA) is 32.3 Å². The van der Waals surface area contributed by atoms with Gasteiger partial charge in [0.1, 0.15) is 0 Å². The highest BCUT2D eigenvalue weighted by molar-refractivity contribution is 7.80. The average Bonchev–Trinajstić information content (AvgIpc) is 2.65. The Morgan fingerprint density at radius 3 is 2.53 bits per heavy atom. The van der Waals surface area contributed by atoms with Crippen LogP contribution in [0.25, 0.3) is 0 Å². The first-order chi connectivity index (χ1) is 7.18. The van der Waals surface area contributed by atoms with Gasteiger partial charge in [-0.05, 0) is 43.4 Å². The standard InChI is InChI=1S/C11H12N2OS/c1-8(14)9-2-4-10(5-3-9)13-7-6-12-11(13)15/h2-5H,6-7H2,1H3,(H,12,15). The Hall–Kier alpha value is -1.42. The van der Waals surface area contributed by atoms with Gasteiger partial charge in [0, 0.05) is 24.3 Å². The van der Waals surface area contributed by atoms with Gasteiger partial charge in [0.2, 0.25) is 0 Å². The highest BCUT2D eigenvalue weighted by Gasteiger charge is 2.17. The quantitative estimate of drug-likeness (QED) is 0.606. The van der Waals surface area contributed by atoms with Crippen LogP contribution in [0, 0.1) is 0 Å². The minimum Gasteiger partial charge on any atom is -0.360 e. The van der Waals surface area contributed by atoms with Crippen LogP contribution in [-0.2, 0) is 0 Å². The molecule has 1 heterocycles. The SMILES string of the molecule is CC(=O)c1ccc(N2CCNC2=S)cc1. The molecule has 1 aliphatic heterocycles. The zero-order chi connectivity index (χ0) is 10.8. The summed E-state index contributed by atoms with van der Waals surface area (Å²) in [7, 11) is 0. The average molecular weight is 220 g/mol. The van der Waals surface area contributed by atoms with Crippen LogP contribution in [0.1, 0.15) is 17.3 Å². The van der Waals surface area contributed by atoms with Crippen molar-refractivity contribution < 1.29 is 4.79 Å². The molecule has 2 rings (SSSR count). The maximum Gasteiger partial charge on any atom is 0.173 e. The van der Waals surface area contributed by atoms with Gasteiger partial charge < -0.3 is 10.2 Å². The fourth-order valence-electron chi connectivity index (χ4n) is 1.59. The van der Waals surface area contributed by atoms with Crippen molar-refractivity contribution in [3.63, 3.8) is 0 Å². The molecule has 1 aromatic rings. The Morgan fingerprint density at radius 2 is 2.07 bits per heavy atom. The van der Waals surface area contributed by atoms with Crippen molar-refractivity contribution in [2.24, 2.45) is 0 Å². The van der Waals surface area contributed by atoms with Crippen LogP contribution in [0.3, 0.4) is 0 Å². The number of hydrogen-bond donors (Lipinski definition) is 1. The number of carbonyl (C=O) groups excluding carboxylic acids is 1. The Balaban J connectivity index is 2.23. The molecule has 3 nitrogen and oxygen atoms in total. The van der Waals surface area contributed by atoms with E-state index in [0.717, 1.165) is 29.5 Å². The molecule has 1 N–H and O–H groups in total. The highest BCUT2D eigenvalue weighted by Crippen LogP contribution is 2.17. The fraction of sp³-hybridized carbons (Fsp3) is 0.273. The van der Waals surface area contributed by atoms with Gasteiger partial charge in [0.15, 0.2) is 10.9 Å². The largest absolute Gasteiger partial charge is 0.360 e. The third-order valence-electron chi connectivity index (χ3n) is 2.44. The summed E-state index contributed by atoms with van der Waals surface area (Å²) >= 11 is 5.15. The maximum atomic E-state index is 11.1. The smallest absolute Gasteiger partial charge is 0.173 e. The molecule has 0 saturated carbocycles. The summed E-state index contributed by atoms with van der Waals surface area (Å²) in [6, 6.07) is 7.52. The molecule has 1 saturated heterocycles. The van der Waals surface area contributed by atoms with Crippen molar-refractivity contribution in [1.29, 1.82) is 0 Å². The van der Waals surface area contributed by atoms with Crippen molar-refractivity contribution >= 4 is 28.8 Å². The van der Waals surface area contributed by atoms with Crippen molar-refractivity contribution in [1.82, 2.24) is 5.32 Å². The van der Waals surface area contributed by atoms with Crippen molar-refractivity contribution in [3.05, 3.63) is 29.8 Å². The lowest BCUT2D eigenvalue weighted by Gasteiger charge is -2.16. The molecule has 0 aromatic heterocycles. The summed E-state index contributed by atoms with van der Waals surface area (Å²) in [6.45, 7) is 3.34. The number of nitrogens with zero attached hydrogens (tertiary/aromatic N) is 1. The number of Topliss-reactive ketones (excluding diaryl/α,β-unsaturated/α-hetero) is 1. The van der Waals surface area contributed by atoms with Gasteiger partial charge in [0.05, 0.1) is 0 Å². The number of rotatable bonds is 2. The van der Waals surface area contributed by atoms with E-state index in [4.69, 9.17) is 12.2 Å². The highest BCUT2D eigenvalue weighted by atomic mass is 32.1. The summed E-state index contributed by atoms with van der Waals surface area (Å²) < 4.78 is 0. The number of carbonyl (C=O) groups is 1. The van der Waals surface area contributed by atoms with Crippen molar-refractivity contribution in [2.75, 3.05) is 18.0 Å². The van der Waals surface area contributed by atoms with E-state index in [2.05, 4.69) is 5.32 Å². The minimum atomic E-state index is 0.0867. The molecule has 15 heavy (non-hydrogen) atoms. The Bertz CT molecular complexity index is 400. The zero-order valence-corrected chi connectivity index (χ0v) is 9.30. The first-order valence-electron chi connectivity index (χ1n) is 4.85. The number of thiocarbonyl (C=S) groups is 1. The second-order valence-electron chi connectivity index (χ2n) is 3.49. The van der Waals surface area contributed by atoms with Gasteiger partial charge in [-0.15, -0.1) is 0 Å². The maximum absolute atomic E-state index is 11.1. The van der Waals surface area contributed by atoms with Crippen LogP contribution in [0.4, 0.5) is 5.69 Å². The van der Waals surface area contributed by atoms with Crippen LogP contribution in [-0.4, -0.2) is 24.0 Å². The van der Waals surface area contributed by atoms with E-state index in [9.17, 15) is 4.79 Å². The van der Waals surface area contributed by atoms with E-state index < -0.39 is 0 Å². The van der Waals surface area contributed by atoms with Gasteiger partial charge in [-0.3, -0.25) is 4.79 Å². The predicted molar refractivity (Wildman–Crippen MR) is 64.4 cm³/mol. The van der Waals surface area contributed by atoms with Crippen LogP contribution in [0.5, 0.6) is 0 Å². The zero-order valence-electron chi connectivity index (χ0n) is 8.49. The normalized spacial score (nSPS) is 15.3. The molecule has 0 unspecified atom stereocenters. The van der Waals surface area contributed by atoms with E-state index >= 15 is 0 Å². The van der Waals surface area contributed by atoms with Gasteiger partial charge in [-0.25, -0.2) is 0 Å². The molecular weight excluding hydrogens is 208 g/mol. The van der Waals surface area contributed by atoms with Crippen LogP contribution in [0.15, 0.2) is 24.3 Å². The summed E-state index contributed by atoms with van der Waals surface area (Å²) in [5, 5.41) is 3.85. The number of nitrogens with one attached hydrogen (secondary N) is 1.